The fourth-order valence-electron chi connectivity index (χ4n) is 0.178. The number of halogens is 1. The van der Waals surface area contributed by atoms with Gasteiger partial charge in [-0.05, 0) is 0 Å². The Morgan fingerprint density at radius 3 is 1.56 bits per heavy atom. The molecule has 0 unspecified atom stereocenters. The van der Waals surface area contributed by atoms with Crippen LogP contribution in [0, 0.1) is 0 Å². The summed E-state index contributed by atoms with van der Waals surface area (Å²) in [5.74, 6) is 0. The molecule has 0 heterocycles. The second kappa shape index (κ2) is 2.41. The minimum atomic E-state index is -4.50. The van der Waals surface area contributed by atoms with Gasteiger partial charge in [0.25, 0.3) is 10.1 Å². The lowest BCUT2D eigenvalue weighted by Crippen LogP contribution is -2.09. The predicted molar refractivity (Wildman–Crippen MR) is 31.2 cm³/mol. The summed E-state index contributed by atoms with van der Waals surface area (Å²) in [6.07, 6.45) is 0. The predicted octanol–water partition coefficient (Wildman–Crippen LogP) is -0.600. The Hall–Kier alpha value is 0.150. The van der Waals surface area contributed by atoms with E-state index < -0.39 is 24.3 Å². The maximum atomic E-state index is 9.87. The molecule has 9 heavy (non-hydrogen) atoms. The molecule has 0 aromatic rings. The van der Waals surface area contributed by atoms with Crippen LogP contribution in [0.1, 0.15) is 0 Å². The molecule has 0 fully saturated rings. The van der Waals surface area contributed by atoms with Gasteiger partial charge in [0.05, 0.1) is 0 Å². The average Bonchev–Trinajstić information content (AvgIpc) is 1.14. The monoisotopic (exact) mass is 194 g/mol. The quantitative estimate of drug-likeness (QED) is 0.469. The first-order chi connectivity index (χ1) is 3.71. The Bertz CT molecular complexity index is 240. The summed E-state index contributed by atoms with van der Waals surface area (Å²) >= 11 is 0. The second-order valence-electron chi connectivity index (χ2n) is 1.24. The lowest BCUT2D eigenvalue weighted by atomic mass is 11.9. The zero-order chi connectivity index (χ0) is 7.71. The fourth-order valence-corrected chi connectivity index (χ4v) is 2.61. The van der Waals surface area contributed by atoms with E-state index in [2.05, 4.69) is 10.7 Å². The van der Waals surface area contributed by atoms with E-state index >= 15 is 0 Å². The zero-order valence-corrected chi connectivity index (χ0v) is 6.37. The number of hydrogen-bond acceptors (Lipinski definition) is 4. The van der Waals surface area contributed by atoms with Gasteiger partial charge in [-0.2, -0.15) is 8.42 Å². The zero-order valence-electron chi connectivity index (χ0n) is 3.98. The van der Waals surface area contributed by atoms with E-state index in [0.717, 1.165) is 0 Å². The lowest BCUT2D eigenvalue weighted by Gasteiger charge is -1.88. The van der Waals surface area contributed by atoms with Crippen LogP contribution in [0.5, 0.6) is 0 Å². The highest BCUT2D eigenvalue weighted by molar-refractivity contribution is 8.20. The molecule has 0 aromatic carbocycles. The van der Waals surface area contributed by atoms with Gasteiger partial charge >= 0.3 is 0 Å². The third kappa shape index (κ3) is 8.15. The molecule has 5 nitrogen and oxygen atoms in total. The van der Waals surface area contributed by atoms with E-state index in [4.69, 9.17) is 4.55 Å². The van der Waals surface area contributed by atoms with Gasteiger partial charge < -0.3 is 0 Å². The van der Waals surface area contributed by atoms with Crippen molar-refractivity contribution in [2.24, 2.45) is 0 Å². The van der Waals surface area contributed by atoms with E-state index in [0.29, 0.717) is 0 Å². The van der Waals surface area contributed by atoms with Crippen molar-refractivity contribution in [2.75, 3.05) is 5.08 Å². The summed E-state index contributed by atoms with van der Waals surface area (Å²) in [5, 5.41) is -1.44. The maximum Gasteiger partial charge on any atom is 0.280 e. The minimum Gasteiger partial charge on any atom is -0.285 e. The highest BCUT2D eigenvalue weighted by atomic mass is 35.7. The van der Waals surface area contributed by atoms with E-state index in [-0.39, 0.29) is 0 Å². The molecule has 0 aromatic heterocycles. The van der Waals surface area contributed by atoms with E-state index in [1.807, 2.05) is 0 Å². The van der Waals surface area contributed by atoms with Crippen molar-refractivity contribution < 1.29 is 21.4 Å². The normalized spacial score (nSPS) is 13.6. The van der Waals surface area contributed by atoms with Gasteiger partial charge in [-0.3, -0.25) is 4.55 Å². The third-order valence-corrected chi connectivity index (χ3v) is 3.41. The molecular weight excluding hydrogens is 192 g/mol. The molecule has 0 spiro atoms. The van der Waals surface area contributed by atoms with Gasteiger partial charge in [-0.25, -0.2) is 8.42 Å². The van der Waals surface area contributed by atoms with Crippen LogP contribution in [0.3, 0.4) is 0 Å². The fraction of sp³-hybridized carbons (Fsp3) is 1.00. The molecule has 0 saturated heterocycles. The molecule has 56 valence electrons. The molecule has 0 amide bonds. The summed E-state index contributed by atoms with van der Waals surface area (Å²) in [6, 6.07) is 0. The highest BCUT2D eigenvalue weighted by Gasteiger charge is 2.15. The van der Waals surface area contributed by atoms with Gasteiger partial charge in [-0.15, -0.1) is 0 Å². The highest BCUT2D eigenvalue weighted by Crippen LogP contribution is 1.99. The second-order valence-corrected chi connectivity index (χ2v) is 5.83. The lowest BCUT2D eigenvalue weighted by molar-refractivity contribution is 0.488. The van der Waals surface area contributed by atoms with Crippen LogP contribution in [-0.2, 0) is 19.2 Å². The summed E-state index contributed by atoms with van der Waals surface area (Å²) in [5.41, 5.74) is 0. The molecule has 0 saturated carbocycles. The molecule has 0 aliphatic carbocycles. The van der Waals surface area contributed by atoms with Crippen molar-refractivity contribution in [2.45, 2.75) is 0 Å². The summed E-state index contributed by atoms with van der Waals surface area (Å²) < 4.78 is 47.1. The van der Waals surface area contributed by atoms with Crippen LogP contribution < -0.4 is 0 Å². The summed E-state index contributed by atoms with van der Waals surface area (Å²) in [6.45, 7) is 0. The van der Waals surface area contributed by atoms with Gasteiger partial charge in [0.2, 0.25) is 9.05 Å². The summed E-state index contributed by atoms with van der Waals surface area (Å²) in [7, 11) is -4.20. The van der Waals surface area contributed by atoms with Gasteiger partial charge in [-0.1, -0.05) is 0 Å². The first-order valence-corrected chi connectivity index (χ1v) is 5.67. The average molecular weight is 195 g/mol. The van der Waals surface area contributed by atoms with E-state index in [9.17, 15) is 16.8 Å². The first-order valence-electron chi connectivity index (χ1n) is 1.58. The van der Waals surface area contributed by atoms with Crippen molar-refractivity contribution in [3.8, 4) is 0 Å². The molecule has 0 aliphatic heterocycles. The molecule has 0 atom stereocenters. The van der Waals surface area contributed by atoms with Crippen molar-refractivity contribution in [3.05, 3.63) is 0 Å². The first kappa shape index (κ1) is 9.15. The van der Waals surface area contributed by atoms with Crippen molar-refractivity contribution in [3.63, 3.8) is 0 Å². The minimum absolute atomic E-state index is 1.44. The van der Waals surface area contributed by atoms with Crippen molar-refractivity contribution in [1.82, 2.24) is 0 Å². The standard InChI is InChI=1S/CH3ClO5S2/c2-8(3,4)1-9(5,6)7/h1H2,(H,5,6,7). The Morgan fingerprint density at radius 1 is 1.22 bits per heavy atom. The Kier molecular flexibility index (Phi) is 2.45. The molecule has 0 radical (unpaired) electrons. The number of rotatable bonds is 2. The molecular formula is CH3ClO5S2. The van der Waals surface area contributed by atoms with Crippen LogP contribution in [0.15, 0.2) is 0 Å². The summed E-state index contributed by atoms with van der Waals surface area (Å²) in [4.78, 5) is 0. The van der Waals surface area contributed by atoms with Crippen LogP contribution in [0.25, 0.3) is 0 Å². The van der Waals surface area contributed by atoms with Gasteiger partial charge in [0, 0.05) is 10.7 Å². The van der Waals surface area contributed by atoms with Crippen LogP contribution in [0.4, 0.5) is 0 Å². The topological polar surface area (TPSA) is 88.5 Å². The van der Waals surface area contributed by atoms with E-state index in [1.54, 1.807) is 0 Å². The Labute approximate surface area is 56.8 Å². The van der Waals surface area contributed by atoms with Gasteiger partial charge in [0.1, 0.15) is 0 Å². The largest absolute Gasteiger partial charge is 0.285 e. The molecule has 0 aliphatic rings. The Balaban J connectivity index is 4.46. The molecule has 1 N–H and O–H groups in total. The molecule has 8 heteroatoms. The molecule has 0 bridgehead atoms. The maximum absolute atomic E-state index is 9.87. The van der Waals surface area contributed by atoms with Crippen LogP contribution >= 0.6 is 10.7 Å². The smallest absolute Gasteiger partial charge is 0.280 e. The van der Waals surface area contributed by atoms with Crippen molar-refractivity contribution >= 4 is 29.9 Å². The third-order valence-electron chi connectivity index (χ3n) is 0.290. The van der Waals surface area contributed by atoms with Gasteiger partial charge in [0.15, 0.2) is 5.08 Å². The molecule has 0 rings (SSSR count). The Morgan fingerprint density at radius 2 is 1.56 bits per heavy atom. The van der Waals surface area contributed by atoms with Crippen molar-refractivity contribution in [1.29, 1.82) is 0 Å². The number of hydrogen-bond donors (Lipinski definition) is 1. The van der Waals surface area contributed by atoms with E-state index in [1.165, 1.54) is 0 Å². The SMILES string of the molecule is O=S(=O)(O)CS(=O)(=O)Cl. The van der Waals surface area contributed by atoms with Crippen LogP contribution in [-0.4, -0.2) is 26.5 Å². The van der Waals surface area contributed by atoms with Crippen LogP contribution in [0.2, 0.25) is 0 Å².